The van der Waals surface area contributed by atoms with Crippen LogP contribution in [0, 0.1) is 0 Å². The van der Waals surface area contributed by atoms with Crippen molar-refractivity contribution in [2.45, 2.75) is 13.0 Å². The van der Waals surface area contributed by atoms with Gasteiger partial charge < -0.3 is 15.6 Å². The summed E-state index contributed by atoms with van der Waals surface area (Å²) in [5, 5.41) is 2.67. The molecule has 0 saturated heterocycles. The molecule has 3 N–H and O–H groups in total. The molecular formula is C18H20N6O4. The number of primary amides is 1. The van der Waals surface area contributed by atoms with E-state index in [1.807, 2.05) is 6.07 Å². The molecule has 1 aromatic carbocycles. The summed E-state index contributed by atoms with van der Waals surface area (Å²) in [5.74, 6) is -0.988. The lowest BCUT2D eigenvalue weighted by atomic mass is 10.1. The molecule has 146 valence electrons. The van der Waals surface area contributed by atoms with Gasteiger partial charge in [0.1, 0.15) is 6.54 Å². The summed E-state index contributed by atoms with van der Waals surface area (Å²) in [6.07, 6.45) is 1.91. The molecule has 0 spiro atoms. The first-order valence-corrected chi connectivity index (χ1v) is 8.56. The van der Waals surface area contributed by atoms with Gasteiger partial charge in [-0.1, -0.05) is 12.1 Å². The lowest BCUT2D eigenvalue weighted by Gasteiger charge is -2.09. The van der Waals surface area contributed by atoms with Crippen molar-refractivity contribution in [1.29, 1.82) is 0 Å². The molecule has 0 radical (unpaired) electrons. The number of hydrogen-bond donors (Lipinski definition) is 2. The average molecular weight is 384 g/mol. The zero-order valence-corrected chi connectivity index (χ0v) is 15.5. The summed E-state index contributed by atoms with van der Waals surface area (Å²) in [5.41, 5.74) is 5.81. The maximum atomic E-state index is 12.6. The fourth-order valence-electron chi connectivity index (χ4n) is 2.96. The van der Waals surface area contributed by atoms with Gasteiger partial charge in [-0.05, 0) is 24.1 Å². The van der Waals surface area contributed by atoms with Crippen molar-refractivity contribution < 1.29 is 9.59 Å². The Morgan fingerprint density at radius 1 is 1.21 bits per heavy atom. The number of imidazole rings is 1. The Balaban J connectivity index is 1.71. The summed E-state index contributed by atoms with van der Waals surface area (Å²) in [6, 6.07) is 6.80. The highest BCUT2D eigenvalue weighted by Gasteiger charge is 2.16. The second kappa shape index (κ2) is 7.51. The Bertz CT molecular complexity index is 1190. The molecule has 0 aliphatic carbocycles. The van der Waals surface area contributed by atoms with Crippen LogP contribution in [-0.2, 0) is 31.9 Å². The number of nitrogens with zero attached hydrogens (tertiary/aromatic N) is 4. The van der Waals surface area contributed by atoms with Gasteiger partial charge in [-0.3, -0.25) is 19.0 Å². The Kier molecular flexibility index (Phi) is 5.12. The highest BCUT2D eigenvalue weighted by molar-refractivity contribution is 5.92. The predicted molar refractivity (Wildman–Crippen MR) is 102 cm³/mol. The fourth-order valence-corrected chi connectivity index (χ4v) is 2.96. The van der Waals surface area contributed by atoms with Crippen LogP contribution in [0.5, 0.6) is 0 Å². The number of aromatic nitrogens is 4. The van der Waals surface area contributed by atoms with E-state index < -0.39 is 29.6 Å². The number of carbonyl (C=O) groups is 2. The van der Waals surface area contributed by atoms with E-state index in [0.29, 0.717) is 12.0 Å². The molecule has 0 fully saturated rings. The molecule has 0 aliphatic rings. The highest BCUT2D eigenvalue weighted by atomic mass is 16.2. The molecule has 0 atom stereocenters. The van der Waals surface area contributed by atoms with Gasteiger partial charge in [0.15, 0.2) is 11.2 Å². The first-order chi connectivity index (χ1) is 13.3. The Morgan fingerprint density at radius 3 is 2.68 bits per heavy atom. The first kappa shape index (κ1) is 19.1. The molecule has 28 heavy (non-hydrogen) atoms. The average Bonchev–Trinajstić information content (AvgIpc) is 3.05. The number of amides is 2. The lowest BCUT2D eigenvalue weighted by Crippen LogP contribution is -2.43. The normalized spacial score (nSPS) is 10.9. The minimum absolute atomic E-state index is 0.248. The second-order valence-electron chi connectivity index (χ2n) is 6.43. The van der Waals surface area contributed by atoms with E-state index >= 15 is 0 Å². The largest absolute Gasteiger partial charge is 0.366 e. The van der Waals surface area contributed by atoms with Crippen LogP contribution >= 0.6 is 0 Å². The molecule has 0 bridgehead atoms. The van der Waals surface area contributed by atoms with Gasteiger partial charge in [0.05, 0.1) is 6.33 Å². The molecule has 3 aromatic rings. The molecule has 2 amide bonds. The number of aryl methyl sites for hydroxylation is 2. The van der Waals surface area contributed by atoms with Gasteiger partial charge in [-0.2, -0.15) is 0 Å². The third-order valence-electron chi connectivity index (χ3n) is 4.45. The van der Waals surface area contributed by atoms with Crippen molar-refractivity contribution in [2.24, 2.45) is 19.8 Å². The van der Waals surface area contributed by atoms with Gasteiger partial charge in [0.2, 0.25) is 11.8 Å². The third kappa shape index (κ3) is 3.56. The third-order valence-corrected chi connectivity index (χ3v) is 4.45. The van der Waals surface area contributed by atoms with Crippen LogP contribution in [0.3, 0.4) is 0 Å². The van der Waals surface area contributed by atoms with Crippen LogP contribution in [0.2, 0.25) is 0 Å². The molecule has 0 aliphatic heterocycles. The highest BCUT2D eigenvalue weighted by Crippen LogP contribution is 2.05. The van der Waals surface area contributed by atoms with E-state index in [9.17, 15) is 19.2 Å². The van der Waals surface area contributed by atoms with Gasteiger partial charge in [0.25, 0.3) is 5.56 Å². The number of nitrogens with two attached hydrogens (primary N) is 1. The van der Waals surface area contributed by atoms with Crippen molar-refractivity contribution >= 4 is 23.0 Å². The maximum Gasteiger partial charge on any atom is 0.332 e. The van der Waals surface area contributed by atoms with Gasteiger partial charge in [-0.25, -0.2) is 14.3 Å². The second-order valence-corrected chi connectivity index (χ2v) is 6.43. The van der Waals surface area contributed by atoms with Crippen LogP contribution < -0.4 is 22.3 Å². The summed E-state index contributed by atoms with van der Waals surface area (Å²) in [4.78, 5) is 52.5. The molecule has 2 heterocycles. The van der Waals surface area contributed by atoms with Crippen LogP contribution in [0.25, 0.3) is 11.2 Å². The summed E-state index contributed by atoms with van der Waals surface area (Å²) in [7, 11) is 3.14. The van der Waals surface area contributed by atoms with Crippen molar-refractivity contribution in [3.05, 3.63) is 62.6 Å². The number of benzene rings is 1. The number of fused-ring (bicyclic) bond motifs is 1. The molecule has 3 rings (SSSR count). The van der Waals surface area contributed by atoms with E-state index in [0.717, 1.165) is 10.1 Å². The van der Waals surface area contributed by atoms with Crippen LogP contribution in [-0.4, -0.2) is 37.0 Å². The van der Waals surface area contributed by atoms with E-state index in [4.69, 9.17) is 5.73 Å². The van der Waals surface area contributed by atoms with Crippen LogP contribution in [0.15, 0.2) is 40.2 Å². The summed E-state index contributed by atoms with van der Waals surface area (Å²) >= 11 is 0. The van der Waals surface area contributed by atoms with E-state index in [1.165, 1.54) is 22.5 Å². The van der Waals surface area contributed by atoms with E-state index in [2.05, 4.69) is 10.3 Å². The minimum Gasteiger partial charge on any atom is -0.366 e. The van der Waals surface area contributed by atoms with Crippen LogP contribution in [0.1, 0.15) is 15.9 Å². The molecule has 10 heteroatoms. The number of carbonyl (C=O) groups excluding carboxylic acids is 2. The Hall–Kier alpha value is -3.69. The summed E-state index contributed by atoms with van der Waals surface area (Å²) < 4.78 is 3.63. The van der Waals surface area contributed by atoms with Crippen molar-refractivity contribution in [2.75, 3.05) is 6.54 Å². The molecular weight excluding hydrogens is 364 g/mol. The molecule has 0 unspecified atom stereocenters. The Morgan fingerprint density at radius 2 is 1.96 bits per heavy atom. The minimum atomic E-state index is -0.611. The zero-order chi connectivity index (χ0) is 20.4. The number of nitrogens with one attached hydrogen (secondary N) is 1. The lowest BCUT2D eigenvalue weighted by molar-refractivity contribution is -0.121. The SMILES string of the molecule is Cn1cnc2c1c(=O)n(CC(=O)NCCc1cccc(C(N)=O)c1)c(=O)n2C. The fraction of sp³-hybridized carbons (Fsp3) is 0.278. The smallest absolute Gasteiger partial charge is 0.332 e. The van der Waals surface area contributed by atoms with Crippen molar-refractivity contribution in [3.8, 4) is 0 Å². The Labute approximate surface area is 159 Å². The van der Waals surface area contributed by atoms with Gasteiger partial charge in [-0.15, -0.1) is 0 Å². The number of hydrogen-bond acceptors (Lipinski definition) is 5. The topological polar surface area (TPSA) is 134 Å². The number of rotatable bonds is 6. The summed E-state index contributed by atoms with van der Waals surface area (Å²) in [6.45, 7) is -0.113. The van der Waals surface area contributed by atoms with E-state index in [1.54, 1.807) is 25.2 Å². The van der Waals surface area contributed by atoms with Crippen molar-refractivity contribution in [1.82, 2.24) is 24.0 Å². The monoisotopic (exact) mass is 384 g/mol. The van der Waals surface area contributed by atoms with Gasteiger partial charge >= 0.3 is 5.69 Å². The van der Waals surface area contributed by atoms with Crippen LogP contribution in [0.4, 0.5) is 0 Å². The predicted octanol–water partition coefficient (Wildman–Crippen LogP) is -1.11. The quantitative estimate of drug-likeness (QED) is 0.556. The van der Waals surface area contributed by atoms with Gasteiger partial charge in [0, 0.05) is 26.2 Å². The van der Waals surface area contributed by atoms with E-state index in [-0.39, 0.29) is 17.7 Å². The maximum absolute atomic E-state index is 12.6. The zero-order valence-electron chi connectivity index (χ0n) is 15.5. The molecule has 10 nitrogen and oxygen atoms in total. The standard InChI is InChI=1S/C18H20N6O4/c1-22-10-21-16-14(22)17(27)24(18(28)23(16)2)9-13(25)20-7-6-11-4-3-5-12(8-11)15(19)26/h3-5,8,10H,6-7,9H2,1-2H3,(H2,19,26)(H,20,25). The molecule has 2 aromatic heterocycles. The molecule has 0 saturated carbocycles. The van der Waals surface area contributed by atoms with Crippen molar-refractivity contribution in [3.63, 3.8) is 0 Å². The first-order valence-electron chi connectivity index (χ1n) is 8.56.